The zero-order valence-electron chi connectivity index (χ0n) is 24.3. The first-order chi connectivity index (χ1) is 18.1. The number of rotatable bonds is 5. The first-order valence-corrected chi connectivity index (χ1v) is 15.0. The first kappa shape index (κ1) is 27.2. The fraction of sp³-hybridized carbons (Fsp3) is 0.618. The van der Waals surface area contributed by atoms with Crippen LogP contribution in [-0.2, 0) is 11.2 Å². The zero-order valence-corrected chi connectivity index (χ0v) is 24.3. The number of ether oxygens (including phenoxy) is 1. The van der Waals surface area contributed by atoms with Gasteiger partial charge in [-0.1, -0.05) is 68.4 Å². The molecule has 5 rings (SSSR count). The molecule has 2 atom stereocenters. The summed E-state index contributed by atoms with van der Waals surface area (Å²) in [6.45, 7) is 13.4. The molecule has 38 heavy (non-hydrogen) atoms. The molecule has 2 aliphatic heterocycles. The van der Waals surface area contributed by atoms with E-state index in [0.29, 0.717) is 23.4 Å². The lowest BCUT2D eigenvalue weighted by Crippen LogP contribution is -2.57. The summed E-state index contributed by atoms with van der Waals surface area (Å²) < 4.78 is 5.64. The molecule has 206 valence electrons. The summed E-state index contributed by atoms with van der Waals surface area (Å²) in [6, 6.07) is 21.4. The standard InChI is InChI=1S/C34H48N2O2/c1-25(2)29-13-9-10-14-30(29)31-22-27(21-26-11-7-6-8-12-26)15-18-36(31)28-23-34(24-28)16-19-35(20-17-34)32(37)38-33(3,4)5/h6-14,25,27-28,31H,15-24H2,1-5H3. The molecule has 2 unspecified atom stereocenters. The van der Waals surface area contributed by atoms with Gasteiger partial charge in [-0.25, -0.2) is 4.79 Å². The minimum atomic E-state index is -0.429. The van der Waals surface area contributed by atoms with E-state index in [2.05, 4.69) is 73.3 Å². The van der Waals surface area contributed by atoms with Crippen molar-refractivity contribution in [2.75, 3.05) is 19.6 Å². The van der Waals surface area contributed by atoms with E-state index < -0.39 is 5.60 Å². The van der Waals surface area contributed by atoms with Gasteiger partial charge in [-0.2, -0.15) is 0 Å². The number of amides is 1. The predicted molar refractivity (Wildman–Crippen MR) is 155 cm³/mol. The molecule has 2 saturated heterocycles. The number of benzene rings is 2. The predicted octanol–water partition coefficient (Wildman–Crippen LogP) is 7.99. The van der Waals surface area contributed by atoms with Crippen LogP contribution in [-0.4, -0.2) is 47.2 Å². The summed E-state index contributed by atoms with van der Waals surface area (Å²) in [5.41, 5.74) is 4.53. The minimum absolute atomic E-state index is 0.144. The van der Waals surface area contributed by atoms with Gasteiger partial charge in [0.1, 0.15) is 5.60 Å². The highest BCUT2D eigenvalue weighted by Crippen LogP contribution is 2.54. The second-order valence-corrected chi connectivity index (χ2v) is 13.6. The Balaban J connectivity index is 1.27. The SMILES string of the molecule is CC(C)c1ccccc1C1CC(Cc2ccccc2)CCN1C1CC2(CCN(C(=O)OC(C)(C)C)CC2)C1. The van der Waals surface area contributed by atoms with Crippen LogP contribution < -0.4 is 0 Å². The molecule has 2 aromatic rings. The molecule has 1 aliphatic carbocycles. The molecule has 0 N–H and O–H groups in total. The van der Waals surface area contributed by atoms with Crippen LogP contribution in [0.1, 0.15) is 102 Å². The third-order valence-electron chi connectivity index (χ3n) is 9.38. The molecular weight excluding hydrogens is 468 g/mol. The van der Waals surface area contributed by atoms with Gasteiger partial charge in [-0.15, -0.1) is 0 Å². The van der Waals surface area contributed by atoms with Crippen molar-refractivity contribution in [3.8, 4) is 0 Å². The Morgan fingerprint density at radius 3 is 2.29 bits per heavy atom. The van der Waals surface area contributed by atoms with Crippen molar-refractivity contribution >= 4 is 6.09 Å². The van der Waals surface area contributed by atoms with Crippen molar-refractivity contribution in [2.24, 2.45) is 11.3 Å². The molecule has 0 aromatic heterocycles. The third kappa shape index (κ3) is 6.11. The second kappa shape index (κ2) is 11.0. The van der Waals surface area contributed by atoms with Gasteiger partial charge in [0.05, 0.1) is 0 Å². The number of hydrogen-bond acceptors (Lipinski definition) is 3. The van der Waals surface area contributed by atoms with E-state index in [1.807, 2.05) is 25.7 Å². The van der Waals surface area contributed by atoms with Gasteiger partial charge in [0, 0.05) is 25.2 Å². The van der Waals surface area contributed by atoms with Gasteiger partial charge in [-0.3, -0.25) is 4.90 Å². The molecule has 3 fully saturated rings. The van der Waals surface area contributed by atoms with Crippen LogP contribution in [0.2, 0.25) is 0 Å². The molecule has 3 aliphatic rings. The average molecular weight is 517 g/mol. The maximum absolute atomic E-state index is 12.6. The van der Waals surface area contributed by atoms with E-state index in [1.54, 1.807) is 5.56 Å². The second-order valence-electron chi connectivity index (χ2n) is 13.6. The maximum atomic E-state index is 12.6. The first-order valence-electron chi connectivity index (χ1n) is 15.0. The number of nitrogens with zero attached hydrogens (tertiary/aromatic N) is 2. The molecule has 2 aromatic carbocycles. The van der Waals surface area contributed by atoms with Crippen LogP contribution in [0.3, 0.4) is 0 Å². The highest BCUT2D eigenvalue weighted by atomic mass is 16.6. The number of hydrogen-bond donors (Lipinski definition) is 0. The van der Waals surface area contributed by atoms with E-state index in [4.69, 9.17) is 4.74 Å². The summed E-state index contributed by atoms with van der Waals surface area (Å²) in [6.07, 6.45) is 8.34. The topological polar surface area (TPSA) is 32.8 Å². The van der Waals surface area contributed by atoms with Crippen LogP contribution in [0.25, 0.3) is 0 Å². The fourth-order valence-corrected chi connectivity index (χ4v) is 7.34. The summed E-state index contributed by atoms with van der Waals surface area (Å²) in [5, 5.41) is 0. The lowest BCUT2D eigenvalue weighted by atomic mass is 9.59. The van der Waals surface area contributed by atoms with Crippen molar-refractivity contribution < 1.29 is 9.53 Å². The normalized spacial score (nSPS) is 24.4. The lowest BCUT2D eigenvalue weighted by Gasteiger charge is -2.58. The van der Waals surface area contributed by atoms with Gasteiger partial charge >= 0.3 is 6.09 Å². The lowest BCUT2D eigenvalue weighted by molar-refractivity contribution is -0.0730. The van der Waals surface area contributed by atoms with E-state index in [1.165, 1.54) is 49.8 Å². The summed E-state index contributed by atoms with van der Waals surface area (Å²) in [5.74, 6) is 1.26. The minimum Gasteiger partial charge on any atom is -0.444 e. The zero-order chi connectivity index (χ0) is 26.9. The molecule has 4 heteroatoms. The van der Waals surface area contributed by atoms with Gasteiger partial charge in [0.2, 0.25) is 0 Å². The van der Waals surface area contributed by atoms with E-state index in [-0.39, 0.29) is 6.09 Å². The Hall–Kier alpha value is -2.33. The van der Waals surface area contributed by atoms with Gasteiger partial charge in [-0.05, 0) is 106 Å². The van der Waals surface area contributed by atoms with Crippen molar-refractivity contribution in [3.05, 3.63) is 71.3 Å². The van der Waals surface area contributed by atoms with Crippen LogP contribution in [0.15, 0.2) is 54.6 Å². The van der Waals surface area contributed by atoms with Gasteiger partial charge in [0.25, 0.3) is 0 Å². The van der Waals surface area contributed by atoms with Crippen LogP contribution in [0.5, 0.6) is 0 Å². The van der Waals surface area contributed by atoms with E-state index in [0.717, 1.165) is 31.8 Å². The molecule has 4 nitrogen and oxygen atoms in total. The smallest absolute Gasteiger partial charge is 0.410 e. The molecule has 2 heterocycles. The van der Waals surface area contributed by atoms with Crippen LogP contribution in [0.4, 0.5) is 4.79 Å². The Morgan fingerprint density at radius 1 is 0.974 bits per heavy atom. The Kier molecular flexibility index (Phi) is 7.91. The van der Waals surface area contributed by atoms with Crippen LogP contribution in [0, 0.1) is 11.3 Å². The molecule has 1 amide bonds. The van der Waals surface area contributed by atoms with Crippen molar-refractivity contribution in [1.29, 1.82) is 0 Å². The maximum Gasteiger partial charge on any atom is 0.410 e. The summed E-state index contributed by atoms with van der Waals surface area (Å²) in [7, 11) is 0. The van der Waals surface area contributed by atoms with Crippen LogP contribution >= 0.6 is 0 Å². The Labute approximate surface area is 230 Å². The molecule has 1 spiro atoms. The van der Waals surface area contributed by atoms with Gasteiger partial charge < -0.3 is 9.64 Å². The highest BCUT2D eigenvalue weighted by molar-refractivity contribution is 5.68. The Bertz CT molecular complexity index is 1070. The van der Waals surface area contributed by atoms with E-state index >= 15 is 0 Å². The fourth-order valence-electron chi connectivity index (χ4n) is 7.34. The average Bonchev–Trinajstić information content (AvgIpc) is 2.87. The van der Waals surface area contributed by atoms with E-state index in [9.17, 15) is 4.79 Å². The van der Waals surface area contributed by atoms with Gasteiger partial charge in [0.15, 0.2) is 0 Å². The summed E-state index contributed by atoms with van der Waals surface area (Å²) >= 11 is 0. The molecule has 1 saturated carbocycles. The largest absolute Gasteiger partial charge is 0.444 e. The monoisotopic (exact) mass is 516 g/mol. The molecule has 0 radical (unpaired) electrons. The quantitative estimate of drug-likeness (QED) is 0.404. The number of carbonyl (C=O) groups is 1. The number of likely N-dealkylation sites (tertiary alicyclic amines) is 2. The third-order valence-corrected chi connectivity index (χ3v) is 9.38. The molecule has 0 bridgehead atoms. The number of carbonyl (C=O) groups excluding carboxylic acids is 1. The van der Waals surface area contributed by atoms with Crippen molar-refractivity contribution in [1.82, 2.24) is 9.80 Å². The molecular formula is C34H48N2O2. The summed E-state index contributed by atoms with van der Waals surface area (Å²) in [4.78, 5) is 17.4. The van der Waals surface area contributed by atoms with Crippen molar-refractivity contribution in [2.45, 2.75) is 103 Å². The highest BCUT2D eigenvalue weighted by Gasteiger charge is 2.50. The number of piperidine rings is 2. The Morgan fingerprint density at radius 2 is 1.63 bits per heavy atom. The van der Waals surface area contributed by atoms with Crippen molar-refractivity contribution in [3.63, 3.8) is 0 Å².